The molecular weight excluding hydrogens is 346 g/mol. The average Bonchev–Trinajstić information content (AvgIpc) is 2.67. The Hall–Kier alpha value is -2.37. The average molecular weight is 377 g/mol. The minimum absolute atomic E-state index is 0.00280. The van der Waals surface area contributed by atoms with Gasteiger partial charge in [-0.05, 0) is 24.1 Å². The van der Waals surface area contributed by atoms with Gasteiger partial charge in [0.1, 0.15) is 5.57 Å². The summed E-state index contributed by atoms with van der Waals surface area (Å²) in [5.74, 6) is -0.623. The first-order chi connectivity index (χ1) is 13.1. The second kappa shape index (κ2) is 13.8. The van der Waals surface area contributed by atoms with E-state index < -0.39 is 10.9 Å². The Balaban J connectivity index is 2.20. The molecule has 150 valence electrons. The lowest BCUT2D eigenvalue weighted by molar-refractivity contribution is -0.384. The van der Waals surface area contributed by atoms with Gasteiger partial charge in [0.25, 0.3) is 5.69 Å². The van der Waals surface area contributed by atoms with Crippen LogP contribution in [0.5, 0.6) is 0 Å². The Bertz CT molecular complexity index is 595. The molecule has 0 atom stereocenters. The van der Waals surface area contributed by atoms with Crippen LogP contribution in [-0.4, -0.2) is 22.6 Å². The largest absolute Gasteiger partial charge is 0.515 e. The van der Waals surface area contributed by atoms with Crippen molar-refractivity contribution in [3.8, 4) is 0 Å². The number of aliphatic hydroxyl groups excluding tert-OH is 1. The zero-order valence-electron chi connectivity index (χ0n) is 16.2. The number of unbranched alkanes of at least 4 members (excludes halogenated alkanes) is 9. The van der Waals surface area contributed by atoms with Crippen LogP contribution in [0, 0.1) is 10.1 Å². The first-order valence-corrected chi connectivity index (χ1v) is 9.86. The Morgan fingerprint density at radius 1 is 1.00 bits per heavy atom. The van der Waals surface area contributed by atoms with E-state index in [0.29, 0.717) is 18.4 Å². The van der Waals surface area contributed by atoms with Crippen LogP contribution in [0.1, 0.15) is 76.7 Å². The highest BCUT2D eigenvalue weighted by molar-refractivity contribution is 6.16. The van der Waals surface area contributed by atoms with Crippen LogP contribution in [-0.2, 0) is 9.53 Å². The Morgan fingerprint density at radius 3 is 2.00 bits per heavy atom. The molecule has 1 aromatic carbocycles. The molecule has 0 radical (unpaired) electrons. The van der Waals surface area contributed by atoms with E-state index in [4.69, 9.17) is 4.74 Å². The van der Waals surface area contributed by atoms with E-state index in [-0.39, 0.29) is 11.3 Å². The molecule has 1 aromatic rings. The predicted molar refractivity (Wildman–Crippen MR) is 107 cm³/mol. The van der Waals surface area contributed by atoms with Gasteiger partial charge in [-0.1, -0.05) is 64.7 Å². The van der Waals surface area contributed by atoms with Crippen LogP contribution in [0.4, 0.5) is 5.69 Å². The van der Waals surface area contributed by atoms with Crippen molar-refractivity contribution in [2.24, 2.45) is 0 Å². The van der Waals surface area contributed by atoms with Crippen molar-refractivity contribution in [1.29, 1.82) is 0 Å². The third-order valence-electron chi connectivity index (χ3n) is 4.47. The Kier molecular flexibility index (Phi) is 11.6. The van der Waals surface area contributed by atoms with Gasteiger partial charge in [0, 0.05) is 12.1 Å². The number of carbonyl (C=O) groups is 1. The molecule has 0 spiro atoms. The molecule has 0 aliphatic carbocycles. The zero-order valence-corrected chi connectivity index (χ0v) is 16.2. The quantitative estimate of drug-likeness (QED) is 0.108. The molecule has 1 N–H and O–H groups in total. The lowest BCUT2D eigenvalue weighted by atomic mass is 10.1. The second-order valence-corrected chi connectivity index (χ2v) is 6.66. The monoisotopic (exact) mass is 377 g/mol. The second-order valence-electron chi connectivity index (χ2n) is 6.66. The highest BCUT2D eigenvalue weighted by Crippen LogP contribution is 2.20. The number of hydrogen-bond donors (Lipinski definition) is 1. The molecule has 0 saturated carbocycles. The molecule has 6 nitrogen and oxygen atoms in total. The summed E-state index contributed by atoms with van der Waals surface area (Å²) in [5.41, 5.74) is 0.308. The Labute approximate surface area is 161 Å². The van der Waals surface area contributed by atoms with Gasteiger partial charge in [-0.2, -0.15) is 0 Å². The standard InChI is InChI=1S/C21H31NO5/c1-2-3-4-5-6-7-8-9-10-11-16-27-21(24)20(17-23)18-12-14-19(15-13-18)22(25)26/h12-15,17,23H,2-11,16H2,1H3/b20-17-. The summed E-state index contributed by atoms with van der Waals surface area (Å²) in [6, 6.07) is 5.41. The van der Waals surface area contributed by atoms with E-state index in [1.807, 2.05) is 0 Å². The van der Waals surface area contributed by atoms with Crippen LogP contribution in [0.25, 0.3) is 5.57 Å². The molecule has 0 amide bonds. The van der Waals surface area contributed by atoms with Crippen LogP contribution in [0.3, 0.4) is 0 Å². The van der Waals surface area contributed by atoms with Gasteiger partial charge >= 0.3 is 5.97 Å². The van der Waals surface area contributed by atoms with Crippen molar-refractivity contribution >= 4 is 17.2 Å². The normalized spacial score (nSPS) is 11.4. The van der Waals surface area contributed by atoms with E-state index in [1.54, 1.807) is 0 Å². The molecule has 0 heterocycles. The number of ether oxygens (including phenoxy) is 1. The molecule has 27 heavy (non-hydrogen) atoms. The number of rotatable bonds is 14. The van der Waals surface area contributed by atoms with E-state index in [0.717, 1.165) is 19.3 Å². The maximum atomic E-state index is 12.1. The maximum absolute atomic E-state index is 12.1. The molecule has 0 aromatic heterocycles. The van der Waals surface area contributed by atoms with E-state index >= 15 is 0 Å². The summed E-state index contributed by atoms with van der Waals surface area (Å²) in [7, 11) is 0. The number of carbonyl (C=O) groups excluding carboxylic acids is 1. The highest BCUT2D eigenvalue weighted by atomic mass is 16.6. The lowest BCUT2D eigenvalue weighted by Gasteiger charge is -2.08. The van der Waals surface area contributed by atoms with Crippen molar-refractivity contribution in [3.63, 3.8) is 0 Å². The van der Waals surface area contributed by atoms with Crippen LogP contribution in [0.2, 0.25) is 0 Å². The SMILES string of the molecule is CCCCCCCCCCCCOC(=O)/C(=C\O)c1ccc([N+](=O)[O-])cc1. The predicted octanol–water partition coefficient (Wildman–Crippen LogP) is 5.96. The molecule has 0 aliphatic heterocycles. The summed E-state index contributed by atoms with van der Waals surface area (Å²) >= 11 is 0. The van der Waals surface area contributed by atoms with Crippen LogP contribution in [0.15, 0.2) is 30.5 Å². The van der Waals surface area contributed by atoms with Gasteiger partial charge in [0.15, 0.2) is 0 Å². The van der Waals surface area contributed by atoms with Gasteiger partial charge in [0.05, 0.1) is 17.8 Å². The molecule has 0 saturated heterocycles. The maximum Gasteiger partial charge on any atom is 0.341 e. The summed E-state index contributed by atoms with van der Waals surface area (Å²) in [6.45, 7) is 2.53. The van der Waals surface area contributed by atoms with Crippen LogP contribution < -0.4 is 0 Å². The fourth-order valence-corrected chi connectivity index (χ4v) is 2.84. The van der Waals surface area contributed by atoms with Gasteiger partial charge in [-0.3, -0.25) is 10.1 Å². The number of benzene rings is 1. The first kappa shape index (κ1) is 22.7. The molecular formula is C21H31NO5. The molecule has 0 fully saturated rings. The molecule has 0 unspecified atom stereocenters. The first-order valence-electron chi connectivity index (χ1n) is 9.86. The zero-order chi connectivity index (χ0) is 19.9. The van der Waals surface area contributed by atoms with Crippen molar-refractivity contribution in [1.82, 2.24) is 0 Å². The number of esters is 1. The van der Waals surface area contributed by atoms with Gasteiger partial charge in [-0.15, -0.1) is 0 Å². The fourth-order valence-electron chi connectivity index (χ4n) is 2.84. The molecule has 6 heteroatoms. The summed E-state index contributed by atoms with van der Waals surface area (Å²) in [4.78, 5) is 22.2. The third-order valence-corrected chi connectivity index (χ3v) is 4.47. The van der Waals surface area contributed by atoms with Crippen molar-refractivity contribution < 1.29 is 19.6 Å². The minimum Gasteiger partial charge on any atom is -0.515 e. The summed E-state index contributed by atoms with van der Waals surface area (Å²) < 4.78 is 5.20. The van der Waals surface area contributed by atoms with Gasteiger partial charge in [-0.25, -0.2) is 4.79 Å². The molecule has 1 rings (SSSR count). The number of hydrogen-bond acceptors (Lipinski definition) is 5. The van der Waals surface area contributed by atoms with Crippen molar-refractivity contribution in [2.75, 3.05) is 6.61 Å². The number of nitrogens with zero attached hydrogens (tertiary/aromatic N) is 1. The van der Waals surface area contributed by atoms with Crippen molar-refractivity contribution in [3.05, 3.63) is 46.2 Å². The van der Waals surface area contributed by atoms with E-state index in [9.17, 15) is 20.0 Å². The lowest BCUT2D eigenvalue weighted by Crippen LogP contribution is -2.08. The Morgan fingerprint density at radius 2 is 1.52 bits per heavy atom. The highest BCUT2D eigenvalue weighted by Gasteiger charge is 2.15. The summed E-state index contributed by atoms with van der Waals surface area (Å²) in [5, 5.41) is 20.0. The topological polar surface area (TPSA) is 89.7 Å². The number of aliphatic hydroxyl groups is 1. The van der Waals surface area contributed by atoms with Crippen molar-refractivity contribution in [2.45, 2.75) is 71.1 Å². The third kappa shape index (κ3) is 9.22. The van der Waals surface area contributed by atoms with Crippen LogP contribution >= 0.6 is 0 Å². The molecule has 0 bridgehead atoms. The van der Waals surface area contributed by atoms with Gasteiger partial charge in [0.2, 0.25) is 0 Å². The smallest absolute Gasteiger partial charge is 0.341 e. The number of nitro benzene ring substituents is 1. The minimum atomic E-state index is -0.623. The summed E-state index contributed by atoms with van der Waals surface area (Å²) in [6.07, 6.45) is 12.7. The number of nitro groups is 1. The van der Waals surface area contributed by atoms with Gasteiger partial charge < -0.3 is 9.84 Å². The van der Waals surface area contributed by atoms with E-state index in [2.05, 4.69) is 6.92 Å². The van der Waals surface area contributed by atoms with E-state index in [1.165, 1.54) is 69.2 Å². The fraction of sp³-hybridized carbons (Fsp3) is 0.571. The number of non-ortho nitro benzene ring substituents is 1. The molecule has 0 aliphatic rings.